The zero-order valence-electron chi connectivity index (χ0n) is 31.5. The molecule has 294 valence electrons. The van der Waals surface area contributed by atoms with E-state index in [1.807, 2.05) is 19.1 Å². The van der Waals surface area contributed by atoms with Gasteiger partial charge in [0, 0.05) is 28.1 Å². The maximum atomic E-state index is 14.7. The lowest BCUT2D eigenvalue weighted by Crippen LogP contribution is -2.59. The zero-order valence-corrected chi connectivity index (χ0v) is 33.1. The molecule has 1 saturated heterocycles. The van der Waals surface area contributed by atoms with Gasteiger partial charge in [0.1, 0.15) is 35.1 Å². The number of ether oxygens (including phenoxy) is 3. The highest BCUT2D eigenvalue weighted by molar-refractivity contribution is 7.91. The fraction of sp³-hybridized carbons (Fsp3) is 0.605. The van der Waals surface area contributed by atoms with Crippen molar-refractivity contribution >= 4 is 56.2 Å². The fourth-order valence-electron chi connectivity index (χ4n) is 7.51. The second-order valence-electron chi connectivity index (χ2n) is 16.2. The van der Waals surface area contributed by atoms with Crippen LogP contribution in [0.25, 0.3) is 10.8 Å². The molecule has 0 bridgehead atoms. The van der Waals surface area contributed by atoms with Crippen LogP contribution in [-0.2, 0) is 29.1 Å². The van der Waals surface area contributed by atoms with Crippen LogP contribution in [0.5, 0.6) is 11.6 Å². The maximum Gasteiger partial charge on any atom is 0.408 e. The van der Waals surface area contributed by atoms with Crippen molar-refractivity contribution in [2.75, 3.05) is 13.7 Å². The molecule has 4 amide bonds. The van der Waals surface area contributed by atoms with Crippen LogP contribution >= 0.6 is 11.6 Å². The minimum absolute atomic E-state index is 0.00978. The molecule has 4 aliphatic rings. The van der Waals surface area contributed by atoms with Gasteiger partial charge in [0.2, 0.25) is 27.7 Å². The summed E-state index contributed by atoms with van der Waals surface area (Å²) in [5, 5.41) is 6.73. The number of amides is 4. The monoisotopic (exact) mass is 787 g/mol. The van der Waals surface area contributed by atoms with Crippen molar-refractivity contribution in [2.24, 2.45) is 17.8 Å². The number of pyridine rings is 1. The summed E-state index contributed by atoms with van der Waals surface area (Å²) in [5.41, 5.74) is -2.36. The normalized spacial score (nSPS) is 29.8. The highest BCUT2D eigenvalue weighted by Crippen LogP contribution is 2.46. The highest BCUT2D eigenvalue weighted by Gasteiger charge is 2.62. The Hall–Kier alpha value is -4.11. The van der Waals surface area contributed by atoms with Crippen LogP contribution in [0.4, 0.5) is 4.79 Å². The minimum atomic E-state index is -3.91. The minimum Gasteiger partial charge on any atom is -0.494 e. The van der Waals surface area contributed by atoms with Gasteiger partial charge in [-0.2, -0.15) is 0 Å². The third kappa shape index (κ3) is 8.72. The predicted octanol–water partition coefficient (Wildman–Crippen LogP) is 4.63. The number of benzene rings is 1. The number of methoxy groups -OCH3 is 1. The summed E-state index contributed by atoms with van der Waals surface area (Å²) in [4.78, 5) is 62.0. The molecule has 2 aliphatic heterocycles. The summed E-state index contributed by atoms with van der Waals surface area (Å²) in [7, 11) is -2.38. The van der Waals surface area contributed by atoms with E-state index in [9.17, 15) is 27.6 Å². The third-order valence-electron chi connectivity index (χ3n) is 10.6. The summed E-state index contributed by atoms with van der Waals surface area (Å²) in [6, 6.07) is 2.97. The number of hydrogen-bond donors (Lipinski definition) is 3. The molecule has 3 fully saturated rings. The molecule has 54 heavy (non-hydrogen) atoms. The topological polar surface area (TPSA) is 182 Å². The van der Waals surface area contributed by atoms with E-state index in [-0.39, 0.29) is 37.1 Å². The number of carbonyl (C=O) groups excluding carboxylic acids is 4. The SMILES string of the molecule is COc1cnc(O[C@@H]2C[C@H]3C(=O)N[C@]4(C(=O)NS(=O)(=O)C5CC5)C[C@H]4/C=C\CC[C@@H](C)C[C@@H](C)[C@H](NC(=O)OC(C)(C)C)C(=O)N3C2)c2cc(Cl)ccc12. The summed E-state index contributed by atoms with van der Waals surface area (Å²) in [5.74, 6) is -1.91. The Morgan fingerprint density at radius 1 is 1.09 bits per heavy atom. The first-order chi connectivity index (χ1) is 25.4. The lowest BCUT2D eigenvalue weighted by Gasteiger charge is -2.33. The first-order valence-electron chi connectivity index (χ1n) is 18.5. The molecule has 1 aromatic carbocycles. The van der Waals surface area contributed by atoms with Gasteiger partial charge in [-0.25, -0.2) is 18.2 Å². The highest BCUT2D eigenvalue weighted by atomic mass is 35.5. The fourth-order valence-corrected chi connectivity index (χ4v) is 9.05. The van der Waals surface area contributed by atoms with E-state index in [0.29, 0.717) is 47.2 Å². The van der Waals surface area contributed by atoms with Crippen molar-refractivity contribution in [2.45, 2.75) is 114 Å². The summed E-state index contributed by atoms with van der Waals surface area (Å²) in [6.45, 7) is 9.08. The number of aromatic nitrogens is 1. The second kappa shape index (κ2) is 15.2. The van der Waals surface area contributed by atoms with Gasteiger partial charge in [-0.05, 0) is 89.3 Å². The van der Waals surface area contributed by atoms with Gasteiger partial charge in [-0.1, -0.05) is 37.6 Å². The van der Waals surface area contributed by atoms with Crippen LogP contribution in [0.15, 0.2) is 36.5 Å². The van der Waals surface area contributed by atoms with Crippen LogP contribution in [0, 0.1) is 17.8 Å². The lowest BCUT2D eigenvalue weighted by atomic mass is 9.88. The van der Waals surface area contributed by atoms with Crippen molar-refractivity contribution < 1.29 is 41.8 Å². The average Bonchev–Trinajstić information content (AvgIpc) is 4.01. The van der Waals surface area contributed by atoms with Crippen LogP contribution in [-0.4, -0.2) is 90.3 Å². The molecule has 2 aromatic rings. The van der Waals surface area contributed by atoms with Crippen molar-refractivity contribution in [3.05, 3.63) is 41.6 Å². The number of allylic oxidation sites excluding steroid dienone is 1. The standard InChI is InChI=1S/C38H50ClN5O9S/c1-21-9-7-8-10-23-18-38(23,35(47)43-54(49,50)26-12-13-26)42-32(45)29-17-25(52-33-28-16-24(39)11-14-27(28)30(51-6)19-40-33)20-44(29)34(46)31(22(2)15-21)41-36(48)53-37(3,4)5/h8,10-11,14,16,19,21-23,25-26,29,31H,7,9,12-13,15,17-18,20H2,1-6H3,(H,41,48)(H,42,45)(H,43,47)/b10-8-/t21-,22-,23-,25-,29+,31+,38-/m1/s1. The Morgan fingerprint density at radius 3 is 2.52 bits per heavy atom. The molecule has 16 heteroatoms. The molecular weight excluding hydrogens is 738 g/mol. The van der Waals surface area contributed by atoms with Crippen molar-refractivity contribution in [1.29, 1.82) is 0 Å². The van der Waals surface area contributed by atoms with E-state index in [4.69, 9.17) is 25.8 Å². The van der Waals surface area contributed by atoms with Gasteiger partial charge in [-0.15, -0.1) is 0 Å². The van der Waals surface area contributed by atoms with E-state index in [2.05, 4.69) is 27.3 Å². The zero-order chi connectivity index (χ0) is 39.2. The molecule has 14 nitrogen and oxygen atoms in total. The molecule has 0 unspecified atom stereocenters. The maximum absolute atomic E-state index is 14.7. The van der Waals surface area contributed by atoms with Crippen molar-refractivity contribution in [3.8, 4) is 11.6 Å². The largest absolute Gasteiger partial charge is 0.494 e. The summed E-state index contributed by atoms with van der Waals surface area (Å²) in [6.07, 6.45) is 6.95. The number of halogens is 1. The molecule has 3 heterocycles. The van der Waals surface area contributed by atoms with Crippen LogP contribution in [0.2, 0.25) is 5.02 Å². The Labute approximate surface area is 321 Å². The van der Waals surface area contributed by atoms with Gasteiger partial charge in [0.25, 0.3) is 5.91 Å². The second-order valence-corrected chi connectivity index (χ2v) is 18.6. The first kappa shape index (κ1) is 39.6. The molecule has 7 atom stereocenters. The number of nitrogens with zero attached hydrogens (tertiary/aromatic N) is 2. The Bertz CT molecular complexity index is 1950. The Balaban J connectivity index is 1.36. The van der Waals surface area contributed by atoms with E-state index >= 15 is 0 Å². The number of nitrogens with one attached hydrogen (secondary N) is 3. The van der Waals surface area contributed by atoms with E-state index in [0.717, 1.165) is 6.42 Å². The Kier molecular flexibility index (Phi) is 11.1. The number of rotatable bonds is 7. The van der Waals surface area contributed by atoms with Crippen LogP contribution in [0.3, 0.4) is 0 Å². The van der Waals surface area contributed by atoms with Gasteiger partial charge in [-0.3, -0.25) is 19.1 Å². The number of carbonyl (C=O) groups is 4. The number of sulfonamides is 1. The van der Waals surface area contributed by atoms with Crippen LogP contribution < -0.4 is 24.8 Å². The van der Waals surface area contributed by atoms with Gasteiger partial charge >= 0.3 is 6.09 Å². The van der Waals surface area contributed by atoms with E-state index in [1.54, 1.807) is 39.0 Å². The first-order valence-corrected chi connectivity index (χ1v) is 20.5. The quantitative estimate of drug-likeness (QED) is 0.335. The molecule has 1 aromatic heterocycles. The third-order valence-corrected chi connectivity index (χ3v) is 12.6. The molecule has 0 radical (unpaired) electrons. The molecular formula is C38H50ClN5O9S. The number of hydrogen-bond acceptors (Lipinski definition) is 10. The molecule has 2 aliphatic carbocycles. The number of alkyl carbamates (subject to hydrolysis) is 1. The van der Waals surface area contributed by atoms with Crippen molar-refractivity contribution in [3.63, 3.8) is 0 Å². The van der Waals surface area contributed by atoms with E-state index < -0.39 is 74.3 Å². The average molecular weight is 788 g/mol. The van der Waals surface area contributed by atoms with Gasteiger partial charge in [0.05, 0.1) is 25.1 Å². The van der Waals surface area contributed by atoms with Gasteiger partial charge in [0.15, 0.2) is 0 Å². The summed E-state index contributed by atoms with van der Waals surface area (Å²) >= 11 is 6.36. The Morgan fingerprint density at radius 2 is 1.83 bits per heavy atom. The molecule has 6 rings (SSSR count). The van der Waals surface area contributed by atoms with Gasteiger partial charge < -0.3 is 29.7 Å². The molecule has 3 N–H and O–H groups in total. The smallest absolute Gasteiger partial charge is 0.408 e. The molecule has 0 spiro atoms. The van der Waals surface area contributed by atoms with E-state index in [1.165, 1.54) is 18.2 Å². The van der Waals surface area contributed by atoms with Crippen molar-refractivity contribution in [1.82, 2.24) is 25.2 Å². The lowest BCUT2D eigenvalue weighted by molar-refractivity contribution is -0.142. The predicted molar refractivity (Wildman–Crippen MR) is 201 cm³/mol. The summed E-state index contributed by atoms with van der Waals surface area (Å²) < 4.78 is 45.4. The van der Waals surface area contributed by atoms with Crippen LogP contribution in [0.1, 0.15) is 79.6 Å². The molecule has 2 saturated carbocycles. The number of fused-ring (bicyclic) bond motifs is 3.